The minimum atomic E-state index is -0.173. The van der Waals surface area contributed by atoms with E-state index in [0.29, 0.717) is 11.1 Å². The maximum atomic E-state index is 5.37. The van der Waals surface area contributed by atoms with Crippen LogP contribution in [0.3, 0.4) is 0 Å². The summed E-state index contributed by atoms with van der Waals surface area (Å²) in [6, 6.07) is 9.75. The Labute approximate surface area is 149 Å². The molecule has 6 heteroatoms. The van der Waals surface area contributed by atoms with Crippen LogP contribution in [0.4, 0.5) is 11.6 Å². The van der Waals surface area contributed by atoms with Crippen molar-refractivity contribution in [1.29, 1.82) is 0 Å². The molecule has 0 amide bonds. The predicted octanol–water partition coefficient (Wildman–Crippen LogP) is 4.28. The van der Waals surface area contributed by atoms with Crippen molar-refractivity contribution in [2.45, 2.75) is 52.4 Å². The molecule has 0 atom stereocenters. The topological polar surface area (TPSA) is 62.7 Å². The molecule has 0 radical (unpaired) electrons. The maximum Gasteiger partial charge on any atom is 0.232 e. The second-order valence-electron chi connectivity index (χ2n) is 7.75. The Bertz CT molecular complexity index is 682. The van der Waals surface area contributed by atoms with Crippen molar-refractivity contribution in [3.63, 3.8) is 0 Å². The van der Waals surface area contributed by atoms with Crippen LogP contribution in [0.2, 0.25) is 0 Å². The number of hydrogen-bond donors (Lipinski definition) is 2. The van der Waals surface area contributed by atoms with Crippen molar-refractivity contribution < 1.29 is 0 Å². The highest BCUT2D eigenvalue weighted by molar-refractivity contribution is 7.80. The van der Waals surface area contributed by atoms with Crippen molar-refractivity contribution in [2.75, 3.05) is 10.6 Å². The summed E-state index contributed by atoms with van der Waals surface area (Å²) in [7, 11) is 0. The van der Waals surface area contributed by atoms with Crippen LogP contribution >= 0.6 is 12.2 Å². The average molecular weight is 344 g/mol. The van der Waals surface area contributed by atoms with E-state index in [4.69, 9.17) is 12.2 Å². The number of para-hydroxylation sites is 1. The van der Waals surface area contributed by atoms with Gasteiger partial charge in [-0.1, -0.05) is 59.7 Å². The zero-order valence-electron chi connectivity index (χ0n) is 15.1. The van der Waals surface area contributed by atoms with E-state index < -0.39 is 0 Å². The highest BCUT2D eigenvalue weighted by Crippen LogP contribution is 2.24. The molecule has 1 aromatic carbocycles. The van der Waals surface area contributed by atoms with E-state index in [9.17, 15) is 0 Å². The van der Waals surface area contributed by atoms with Gasteiger partial charge in [-0.2, -0.15) is 9.97 Å². The van der Waals surface area contributed by atoms with Gasteiger partial charge in [-0.05, 0) is 24.4 Å². The normalized spacial score (nSPS) is 11.9. The van der Waals surface area contributed by atoms with Gasteiger partial charge >= 0.3 is 0 Å². The molecular weight excluding hydrogens is 318 g/mol. The lowest BCUT2D eigenvalue weighted by atomic mass is 9.93. The molecule has 128 valence electrons. The molecule has 5 nitrogen and oxygen atoms in total. The molecule has 0 bridgehead atoms. The second-order valence-corrected chi connectivity index (χ2v) is 8.16. The van der Waals surface area contributed by atoms with E-state index in [-0.39, 0.29) is 10.8 Å². The van der Waals surface area contributed by atoms with Gasteiger partial charge in [-0.15, -0.1) is 0 Å². The molecule has 2 rings (SSSR count). The van der Waals surface area contributed by atoms with Crippen molar-refractivity contribution >= 4 is 29.0 Å². The summed E-state index contributed by atoms with van der Waals surface area (Å²) in [6.07, 6.45) is 0. The van der Waals surface area contributed by atoms with Crippen LogP contribution in [0.1, 0.15) is 53.2 Å². The Morgan fingerprint density at radius 1 is 0.792 bits per heavy atom. The quantitative estimate of drug-likeness (QED) is 0.794. The molecule has 0 aliphatic heterocycles. The van der Waals surface area contributed by atoms with Gasteiger partial charge in [0.25, 0.3) is 0 Å². The van der Waals surface area contributed by atoms with Gasteiger partial charge < -0.3 is 10.6 Å². The predicted molar refractivity (Wildman–Crippen MR) is 104 cm³/mol. The van der Waals surface area contributed by atoms with Gasteiger partial charge in [0.1, 0.15) is 11.6 Å². The number of nitrogens with one attached hydrogen (secondary N) is 2. The summed E-state index contributed by atoms with van der Waals surface area (Å²) in [5, 5.41) is 6.65. The molecule has 0 spiro atoms. The molecule has 0 aliphatic rings. The van der Waals surface area contributed by atoms with Crippen LogP contribution in [-0.2, 0) is 10.8 Å². The zero-order valence-corrected chi connectivity index (χ0v) is 16.0. The highest BCUT2D eigenvalue weighted by atomic mass is 32.1. The maximum absolute atomic E-state index is 5.37. The average Bonchev–Trinajstić information content (AvgIpc) is 2.46. The van der Waals surface area contributed by atoms with E-state index >= 15 is 0 Å². The van der Waals surface area contributed by atoms with E-state index in [0.717, 1.165) is 17.3 Å². The van der Waals surface area contributed by atoms with Crippen LogP contribution in [0.25, 0.3) is 0 Å². The van der Waals surface area contributed by atoms with Gasteiger partial charge in [0.2, 0.25) is 5.95 Å². The molecule has 24 heavy (non-hydrogen) atoms. The Morgan fingerprint density at radius 3 is 1.75 bits per heavy atom. The Morgan fingerprint density at radius 2 is 1.29 bits per heavy atom. The van der Waals surface area contributed by atoms with Crippen molar-refractivity contribution in [3.05, 3.63) is 42.0 Å². The monoisotopic (exact) mass is 343 g/mol. The van der Waals surface area contributed by atoms with Gasteiger partial charge in [0.05, 0.1) is 0 Å². The molecule has 0 fully saturated rings. The van der Waals surface area contributed by atoms with Crippen LogP contribution in [0, 0.1) is 0 Å². The van der Waals surface area contributed by atoms with Crippen LogP contribution in [0.15, 0.2) is 30.3 Å². The lowest BCUT2D eigenvalue weighted by molar-refractivity contribution is 0.498. The van der Waals surface area contributed by atoms with Gasteiger partial charge in [-0.25, -0.2) is 4.98 Å². The Kier molecular flexibility index (Phi) is 5.18. The third-order valence-corrected chi connectivity index (χ3v) is 3.44. The fraction of sp³-hybridized carbons (Fsp3) is 0.444. The summed E-state index contributed by atoms with van der Waals surface area (Å²) in [5.41, 5.74) is 0.568. The van der Waals surface area contributed by atoms with E-state index in [1.54, 1.807) is 0 Å². The fourth-order valence-electron chi connectivity index (χ4n) is 1.89. The molecule has 1 heterocycles. The number of aromatic nitrogens is 3. The van der Waals surface area contributed by atoms with Crippen LogP contribution < -0.4 is 10.6 Å². The van der Waals surface area contributed by atoms with E-state index in [1.807, 2.05) is 30.3 Å². The number of benzene rings is 1. The summed E-state index contributed by atoms with van der Waals surface area (Å²) >= 11 is 5.37. The molecule has 0 aliphatic carbocycles. The lowest BCUT2D eigenvalue weighted by Gasteiger charge is -2.23. The number of nitrogens with zero attached hydrogens (tertiary/aromatic N) is 3. The first kappa shape index (κ1) is 18.3. The number of thiocarbonyl (C=S) groups is 1. The first-order valence-electron chi connectivity index (χ1n) is 7.96. The van der Waals surface area contributed by atoms with Crippen molar-refractivity contribution in [1.82, 2.24) is 15.0 Å². The Hall–Kier alpha value is -2.08. The SMILES string of the molecule is CC(C)(C)c1nc(NC(=S)Nc2ccccc2)nc(C(C)(C)C)n1. The van der Waals surface area contributed by atoms with E-state index in [2.05, 4.69) is 67.1 Å². The molecule has 2 aromatic rings. The first-order chi connectivity index (χ1) is 11.1. The number of anilines is 2. The van der Waals surface area contributed by atoms with E-state index in [1.165, 1.54) is 0 Å². The third kappa shape index (κ3) is 4.96. The number of rotatable bonds is 2. The number of hydrogen-bond acceptors (Lipinski definition) is 4. The molecule has 2 N–H and O–H groups in total. The summed E-state index contributed by atoms with van der Waals surface area (Å²) < 4.78 is 0. The van der Waals surface area contributed by atoms with Crippen molar-refractivity contribution in [3.8, 4) is 0 Å². The minimum Gasteiger partial charge on any atom is -0.332 e. The zero-order chi connectivity index (χ0) is 18.0. The lowest BCUT2D eigenvalue weighted by Crippen LogP contribution is -2.27. The minimum absolute atomic E-state index is 0.173. The molecule has 0 saturated carbocycles. The third-order valence-electron chi connectivity index (χ3n) is 3.23. The summed E-state index contributed by atoms with van der Waals surface area (Å²) in [5.74, 6) is 1.95. The van der Waals surface area contributed by atoms with Gasteiger partial charge in [-0.3, -0.25) is 0 Å². The van der Waals surface area contributed by atoms with Crippen LogP contribution in [0.5, 0.6) is 0 Å². The van der Waals surface area contributed by atoms with Gasteiger partial charge in [0, 0.05) is 16.5 Å². The summed E-state index contributed by atoms with van der Waals surface area (Å²) in [6.45, 7) is 12.5. The second kappa shape index (κ2) is 6.81. The largest absolute Gasteiger partial charge is 0.332 e. The van der Waals surface area contributed by atoms with Crippen LogP contribution in [-0.4, -0.2) is 20.1 Å². The fourth-order valence-corrected chi connectivity index (χ4v) is 2.10. The molecule has 1 aromatic heterocycles. The highest BCUT2D eigenvalue weighted by Gasteiger charge is 2.25. The molecule has 0 saturated heterocycles. The molecule has 0 unspecified atom stereocenters. The standard InChI is InChI=1S/C18H25N5S/c1-17(2,3)13-20-14(18(4,5)6)22-15(21-13)23-16(24)19-12-10-8-7-9-11-12/h7-11H,1-6H3,(H2,19,20,21,22,23,24). The Balaban J connectivity index is 2.27. The van der Waals surface area contributed by atoms with Crippen molar-refractivity contribution in [2.24, 2.45) is 0 Å². The molecular formula is C18H25N5S. The summed E-state index contributed by atoms with van der Waals surface area (Å²) in [4.78, 5) is 13.7. The van der Waals surface area contributed by atoms with Gasteiger partial charge in [0.15, 0.2) is 5.11 Å². The first-order valence-corrected chi connectivity index (χ1v) is 8.36. The smallest absolute Gasteiger partial charge is 0.232 e.